The second-order valence-corrected chi connectivity index (χ2v) is 5.41. The van der Waals surface area contributed by atoms with E-state index < -0.39 is 5.97 Å². The number of fused-ring (bicyclic) bond motifs is 1. The normalized spacial score (nSPS) is 11.4. The van der Waals surface area contributed by atoms with E-state index in [2.05, 4.69) is 24.9 Å². The summed E-state index contributed by atoms with van der Waals surface area (Å²) in [6.07, 6.45) is 6.38. The predicted molar refractivity (Wildman–Crippen MR) is 91.6 cm³/mol. The Morgan fingerprint density at radius 3 is 2.78 bits per heavy atom. The molecule has 1 aromatic carbocycles. The van der Waals surface area contributed by atoms with Crippen LogP contribution in [0.25, 0.3) is 17.8 Å². The zero-order valence-corrected chi connectivity index (χ0v) is 13.2. The molecule has 2 heterocycles. The number of aromatic carboxylic acids is 1. The maximum atomic E-state index is 11.6. The lowest BCUT2D eigenvalue weighted by Gasteiger charge is -2.06. The van der Waals surface area contributed by atoms with Gasteiger partial charge < -0.3 is 5.11 Å². The van der Waals surface area contributed by atoms with E-state index in [1.165, 1.54) is 11.1 Å². The minimum Gasteiger partial charge on any atom is -0.476 e. The Kier molecular flexibility index (Phi) is 3.98. The molecule has 0 aliphatic rings. The van der Waals surface area contributed by atoms with Gasteiger partial charge in [-0.3, -0.25) is 4.40 Å². The van der Waals surface area contributed by atoms with Gasteiger partial charge in [0.1, 0.15) is 5.65 Å². The summed E-state index contributed by atoms with van der Waals surface area (Å²) in [5, 5.41) is 9.50. The molecule has 0 saturated carbocycles. The molecule has 0 unspecified atom stereocenters. The lowest BCUT2D eigenvalue weighted by molar-refractivity contribution is 0.0689. The maximum Gasteiger partial charge on any atom is 0.355 e. The van der Waals surface area contributed by atoms with Crippen molar-refractivity contribution < 1.29 is 9.90 Å². The van der Waals surface area contributed by atoms with Crippen molar-refractivity contribution in [2.75, 3.05) is 0 Å². The largest absolute Gasteiger partial charge is 0.476 e. The summed E-state index contributed by atoms with van der Waals surface area (Å²) in [5.41, 5.74) is 4.88. The Bertz CT molecular complexity index is 907. The van der Waals surface area contributed by atoms with Crippen LogP contribution in [0.2, 0.25) is 0 Å². The van der Waals surface area contributed by atoms with Gasteiger partial charge in [-0.15, -0.1) is 0 Å². The van der Waals surface area contributed by atoms with Crippen molar-refractivity contribution in [1.82, 2.24) is 9.38 Å². The number of benzene rings is 1. The monoisotopic (exact) mass is 306 g/mol. The zero-order chi connectivity index (χ0) is 16.4. The Labute approximate surface area is 134 Å². The first-order chi connectivity index (χ1) is 11.1. The number of carboxylic acid groups (broad SMARTS) is 1. The molecule has 3 aromatic rings. The first-order valence-electron chi connectivity index (χ1n) is 7.58. The fourth-order valence-corrected chi connectivity index (χ4v) is 2.88. The van der Waals surface area contributed by atoms with Crippen LogP contribution < -0.4 is 0 Å². The lowest BCUT2D eigenvalue weighted by Crippen LogP contribution is -2.03. The van der Waals surface area contributed by atoms with Gasteiger partial charge in [0.15, 0.2) is 5.69 Å². The molecule has 3 rings (SSSR count). The number of carboxylic acids is 1. The van der Waals surface area contributed by atoms with Crippen LogP contribution in [-0.2, 0) is 6.42 Å². The molecule has 0 radical (unpaired) electrons. The van der Waals surface area contributed by atoms with Gasteiger partial charge in [0.05, 0.1) is 5.69 Å². The van der Waals surface area contributed by atoms with Crippen LogP contribution in [-0.4, -0.2) is 20.5 Å². The molecular formula is C19H18N2O2. The summed E-state index contributed by atoms with van der Waals surface area (Å²) >= 11 is 0. The summed E-state index contributed by atoms with van der Waals surface area (Å²) in [5.74, 6) is -0.983. The lowest BCUT2D eigenvalue weighted by atomic mass is 9.99. The molecule has 23 heavy (non-hydrogen) atoms. The predicted octanol–water partition coefficient (Wildman–Crippen LogP) is 4.07. The Morgan fingerprint density at radius 1 is 1.22 bits per heavy atom. The highest BCUT2D eigenvalue weighted by Crippen LogP contribution is 2.20. The fourth-order valence-electron chi connectivity index (χ4n) is 2.88. The van der Waals surface area contributed by atoms with E-state index in [0.717, 1.165) is 12.0 Å². The molecule has 0 aliphatic heterocycles. The zero-order valence-electron chi connectivity index (χ0n) is 13.2. The van der Waals surface area contributed by atoms with Crippen molar-refractivity contribution in [2.45, 2.75) is 20.3 Å². The van der Waals surface area contributed by atoms with E-state index in [1.807, 2.05) is 24.3 Å². The van der Waals surface area contributed by atoms with Crippen molar-refractivity contribution in [1.29, 1.82) is 0 Å². The molecule has 4 nitrogen and oxygen atoms in total. The standard InChI is InChI=1S/C19H18N2O2/c1-3-15-13(2)7-6-8-14(15)10-11-16-18(19(22)23)21-12-5-4-9-17(21)20-16/h4-12H,3H2,1-2H3,(H,22,23). The first-order valence-corrected chi connectivity index (χ1v) is 7.58. The van der Waals surface area contributed by atoms with Crippen molar-refractivity contribution in [3.8, 4) is 0 Å². The Morgan fingerprint density at radius 2 is 2.04 bits per heavy atom. The second-order valence-electron chi connectivity index (χ2n) is 5.41. The van der Waals surface area contributed by atoms with Crippen LogP contribution in [0.5, 0.6) is 0 Å². The third-order valence-corrected chi connectivity index (χ3v) is 3.98. The molecule has 116 valence electrons. The molecule has 0 bridgehead atoms. The molecule has 0 amide bonds. The van der Waals surface area contributed by atoms with Gasteiger partial charge in [0, 0.05) is 6.20 Å². The topological polar surface area (TPSA) is 54.6 Å². The minimum atomic E-state index is -0.983. The highest BCUT2D eigenvalue weighted by molar-refractivity contribution is 5.92. The number of aryl methyl sites for hydroxylation is 1. The van der Waals surface area contributed by atoms with Crippen LogP contribution in [0, 0.1) is 6.92 Å². The average Bonchev–Trinajstić information content (AvgIpc) is 2.91. The van der Waals surface area contributed by atoms with Crippen molar-refractivity contribution in [2.24, 2.45) is 0 Å². The number of pyridine rings is 1. The number of aromatic nitrogens is 2. The smallest absolute Gasteiger partial charge is 0.355 e. The SMILES string of the molecule is CCc1c(C)cccc1C=Cc1nc2ccccn2c1C(=O)O. The van der Waals surface area contributed by atoms with Crippen LogP contribution in [0.4, 0.5) is 0 Å². The number of rotatable bonds is 4. The summed E-state index contributed by atoms with van der Waals surface area (Å²) in [4.78, 5) is 16.0. The average molecular weight is 306 g/mol. The molecule has 0 atom stereocenters. The van der Waals surface area contributed by atoms with E-state index in [9.17, 15) is 9.90 Å². The summed E-state index contributed by atoms with van der Waals surface area (Å²) in [6, 6.07) is 11.6. The summed E-state index contributed by atoms with van der Waals surface area (Å²) in [7, 11) is 0. The molecule has 0 fully saturated rings. The third kappa shape index (κ3) is 2.75. The fraction of sp³-hybridized carbons (Fsp3) is 0.158. The second kappa shape index (κ2) is 6.08. The molecule has 1 N–H and O–H groups in total. The van der Waals surface area contributed by atoms with Crippen LogP contribution in [0.1, 0.15) is 39.8 Å². The van der Waals surface area contributed by atoms with E-state index in [1.54, 1.807) is 28.8 Å². The van der Waals surface area contributed by atoms with Crippen molar-refractivity contribution >= 4 is 23.8 Å². The van der Waals surface area contributed by atoms with Crippen LogP contribution >= 0.6 is 0 Å². The number of hydrogen-bond acceptors (Lipinski definition) is 2. The van der Waals surface area contributed by atoms with Gasteiger partial charge in [-0.05, 0) is 48.2 Å². The minimum absolute atomic E-state index is 0.183. The first kappa shape index (κ1) is 15.0. The number of carbonyl (C=O) groups is 1. The Hall–Kier alpha value is -2.88. The van der Waals surface area contributed by atoms with Gasteiger partial charge in [-0.25, -0.2) is 9.78 Å². The van der Waals surface area contributed by atoms with Gasteiger partial charge >= 0.3 is 5.97 Å². The van der Waals surface area contributed by atoms with E-state index in [4.69, 9.17) is 0 Å². The molecule has 0 saturated heterocycles. The molecule has 0 spiro atoms. The summed E-state index contributed by atoms with van der Waals surface area (Å²) < 4.78 is 1.60. The highest BCUT2D eigenvalue weighted by Gasteiger charge is 2.16. The molecule has 4 heteroatoms. The van der Waals surface area contributed by atoms with Gasteiger partial charge in [-0.2, -0.15) is 0 Å². The van der Waals surface area contributed by atoms with Gasteiger partial charge in [0.25, 0.3) is 0 Å². The van der Waals surface area contributed by atoms with Crippen LogP contribution in [0.15, 0.2) is 42.6 Å². The number of hydrogen-bond donors (Lipinski definition) is 1. The molecular weight excluding hydrogens is 288 g/mol. The van der Waals surface area contributed by atoms with Gasteiger partial charge in [-0.1, -0.05) is 37.3 Å². The van der Waals surface area contributed by atoms with Crippen molar-refractivity contribution in [3.05, 3.63) is 70.7 Å². The third-order valence-electron chi connectivity index (χ3n) is 3.98. The van der Waals surface area contributed by atoms with Crippen molar-refractivity contribution in [3.63, 3.8) is 0 Å². The molecule has 2 aromatic heterocycles. The van der Waals surface area contributed by atoms with E-state index in [-0.39, 0.29) is 5.69 Å². The Balaban J connectivity index is 2.10. The number of nitrogens with zero attached hydrogens (tertiary/aromatic N) is 2. The van der Waals surface area contributed by atoms with E-state index >= 15 is 0 Å². The summed E-state index contributed by atoms with van der Waals surface area (Å²) in [6.45, 7) is 4.21. The quantitative estimate of drug-likeness (QED) is 0.790. The van der Waals surface area contributed by atoms with Crippen LogP contribution in [0.3, 0.4) is 0 Å². The van der Waals surface area contributed by atoms with Gasteiger partial charge in [0.2, 0.25) is 0 Å². The number of imidazole rings is 1. The highest BCUT2D eigenvalue weighted by atomic mass is 16.4. The van der Waals surface area contributed by atoms with E-state index in [0.29, 0.717) is 11.3 Å². The maximum absolute atomic E-state index is 11.6. The molecule has 0 aliphatic carbocycles.